The minimum absolute atomic E-state index is 0.0116. The van der Waals surface area contributed by atoms with Crippen LogP contribution in [0.4, 0.5) is 0 Å². The second kappa shape index (κ2) is 6.07. The number of carbonyl (C=O) groups excluding carboxylic acids is 1. The number of carbonyl (C=O) groups is 2. The van der Waals surface area contributed by atoms with E-state index in [0.717, 1.165) is 17.7 Å². The number of nitrogens with one attached hydrogen (secondary N) is 1. The number of carboxylic acid groups (broad SMARTS) is 1. The normalized spacial score (nSPS) is 27.9. The first-order valence-electron chi connectivity index (χ1n) is 7.05. The Morgan fingerprint density at radius 3 is 2.71 bits per heavy atom. The number of rotatable bonds is 3. The molecule has 0 bridgehead atoms. The molecule has 0 radical (unpaired) electrons. The highest BCUT2D eigenvalue weighted by atomic mass is 32.2. The molecule has 5 nitrogen and oxygen atoms in total. The van der Waals surface area contributed by atoms with Crippen LogP contribution in [0.2, 0.25) is 0 Å². The van der Waals surface area contributed by atoms with Crippen molar-refractivity contribution in [2.24, 2.45) is 0 Å². The summed E-state index contributed by atoms with van der Waals surface area (Å²) in [5.74, 6) is -0.235. The maximum Gasteiger partial charge on any atom is 0.332 e. The Kier molecular flexibility index (Phi) is 4.17. The summed E-state index contributed by atoms with van der Waals surface area (Å²) in [7, 11) is 0. The molecule has 112 valence electrons. The number of hydrogen-bond donors (Lipinski definition) is 2. The Balaban J connectivity index is 1.65. The van der Waals surface area contributed by atoms with Crippen LogP contribution < -0.4 is 5.32 Å². The molecule has 0 spiro atoms. The second-order valence-electron chi connectivity index (χ2n) is 5.27. The number of aliphatic carboxylic acids is 1. The summed E-state index contributed by atoms with van der Waals surface area (Å²) >= 11 is 1.80. The van der Waals surface area contributed by atoms with E-state index in [0.29, 0.717) is 12.8 Å². The van der Waals surface area contributed by atoms with Crippen molar-refractivity contribution in [2.45, 2.75) is 42.4 Å². The van der Waals surface area contributed by atoms with Gasteiger partial charge in [-0.25, -0.2) is 4.79 Å². The third kappa shape index (κ3) is 3.06. The van der Waals surface area contributed by atoms with Gasteiger partial charge in [0.1, 0.15) is 6.10 Å². The monoisotopic (exact) mass is 307 g/mol. The van der Waals surface area contributed by atoms with Crippen molar-refractivity contribution >= 4 is 23.6 Å². The van der Waals surface area contributed by atoms with Crippen LogP contribution in [0.25, 0.3) is 0 Å². The van der Waals surface area contributed by atoms with Crippen LogP contribution in [0, 0.1) is 0 Å². The summed E-state index contributed by atoms with van der Waals surface area (Å²) in [6, 6.07) is 8.04. The highest BCUT2D eigenvalue weighted by Gasteiger charge is 2.35. The first-order chi connectivity index (χ1) is 10.1. The Bertz CT molecular complexity index is 562. The van der Waals surface area contributed by atoms with Gasteiger partial charge >= 0.3 is 5.97 Å². The van der Waals surface area contributed by atoms with Gasteiger partial charge in [0.2, 0.25) is 5.91 Å². The van der Waals surface area contributed by atoms with Crippen molar-refractivity contribution in [1.29, 1.82) is 0 Å². The molecule has 2 aliphatic heterocycles. The molecule has 1 amide bonds. The molecular weight excluding hydrogens is 290 g/mol. The molecule has 3 unspecified atom stereocenters. The highest BCUT2D eigenvalue weighted by molar-refractivity contribution is 7.99. The minimum atomic E-state index is -0.996. The van der Waals surface area contributed by atoms with Crippen LogP contribution in [-0.4, -0.2) is 34.9 Å². The molecule has 6 heteroatoms. The van der Waals surface area contributed by atoms with E-state index in [1.54, 1.807) is 11.8 Å². The summed E-state index contributed by atoms with van der Waals surface area (Å²) in [4.78, 5) is 24.3. The molecule has 2 aliphatic rings. The molecule has 2 heterocycles. The highest BCUT2D eigenvalue weighted by Crippen LogP contribution is 2.36. The zero-order chi connectivity index (χ0) is 14.8. The number of benzene rings is 1. The van der Waals surface area contributed by atoms with Gasteiger partial charge in [0.15, 0.2) is 6.10 Å². The van der Waals surface area contributed by atoms with E-state index >= 15 is 0 Å². The third-order valence-electron chi connectivity index (χ3n) is 3.86. The number of amides is 1. The Morgan fingerprint density at radius 1 is 1.19 bits per heavy atom. The SMILES string of the molecule is O=C(O)C1CCC(C(=O)NC2CCSc3ccccc32)O1. The van der Waals surface area contributed by atoms with Crippen LogP contribution in [0.5, 0.6) is 0 Å². The number of thioether (sulfide) groups is 1. The van der Waals surface area contributed by atoms with Crippen LogP contribution in [-0.2, 0) is 14.3 Å². The number of fused-ring (bicyclic) bond motifs is 1. The van der Waals surface area contributed by atoms with Gasteiger partial charge in [0.05, 0.1) is 6.04 Å². The van der Waals surface area contributed by atoms with Crippen molar-refractivity contribution in [2.75, 3.05) is 5.75 Å². The Morgan fingerprint density at radius 2 is 1.95 bits per heavy atom. The van der Waals surface area contributed by atoms with Crippen LogP contribution in [0.15, 0.2) is 29.2 Å². The van der Waals surface area contributed by atoms with Crippen molar-refractivity contribution in [3.63, 3.8) is 0 Å². The maximum absolute atomic E-state index is 12.3. The summed E-state index contributed by atoms with van der Waals surface area (Å²) in [6.45, 7) is 0. The molecule has 3 rings (SSSR count). The minimum Gasteiger partial charge on any atom is -0.479 e. The molecule has 1 aromatic rings. The average Bonchev–Trinajstić information content (AvgIpc) is 2.98. The zero-order valence-corrected chi connectivity index (χ0v) is 12.3. The first-order valence-corrected chi connectivity index (χ1v) is 8.04. The maximum atomic E-state index is 12.3. The fraction of sp³-hybridized carbons (Fsp3) is 0.467. The van der Waals surface area contributed by atoms with Gasteiger partial charge in [0.25, 0.3) is 0 Å². The summed E-state index contributed by atoms with van der Waals surface area (Å²) in [6.07, 6.45) is 0.238. The Labute approximate surface area is 127 Å². The fourth-order valence-electron chi connectivity index (χ4n) is 2.77. The third-order valence-corrected chi connectivity index (χ3v) is 4.99. The molecule has 0 aliphatic carbocycles. The topological polar surface area (TPSA) is 75.6 Å². The summed E-state index contributed by atoms with van der Waals surface area (Å²) in [5, 5.41) is 11.9. The van der Waals surface area contributed by atoms with E-state index in [-0.39, 0.29) is 11.9 Å². The lowest BCUT2D eigenvalue weighted by molar-refractivity contribution is -0.151. The van der Waals surface area contributed by atoms with E-state index in [9.17, 15) is 9.59 Å². The number of ether oxygens (including phenoxy) is 1. The van der Waals surface area contributed by atoms with Crippen LogP contribution >= 0.6 is 11.8 Å². The smallest absolute Gasteiger partial charge is 0.332 e. The molecule has 1 saturated heterocycles. The van der Waals surface area contributed by atoms with Crippen LogP contribution in [0.3, 0.4) is 0 Å². The molecule has 1 fully saturated rings. The largest absolute Gasteiger partial charge is 0.479 e. The quantitative estimate of drug-likeness (QED) is 0.893. The van der Waals surface area contributed by atoms with Crippen molar-refractivity contribution in [1.82, 2.24) is 5.32 Å². The van der Waals surface area contributed by atoms with Gasteiger partial charge in [-0.2, -0.15) is 0 Å². The predicted octanol–water partition coefficient (Wildman–Crippen LogP) is 1.97. The first kappa shape index (κ1) is 14.4. The molecule has 0 saturated carbocycles. The van der Waals surface area contributed by atoms with Gasteiger partial charge in [-0.15, -0.1) is 11.8 Å². The number of carboxylic acids is 1. The molecule has 21 heavy (non-hydrogen) atoms. The van der Waals surface area contributed by atoms with E-state index in [1.807, 2.05) is 18.2 Å². The average molecular weight is 307 g/mol. The molecule has 3 atom stereocenters. The van der Waals surface area contributed by atoms with Gasteiger partial charge < -0.3 is 15.2 Å². The van der Waals surface area contributed by atoms with Gasteiger partial charge in [-0.1, -0.05) is 18.2 Å². The van der Waals surface area contributed by atoms with Crippen molar-refractivity contribution in [3.8, 4) is 0 Å². The van der Waals surface area contributed by atoms with E-state index in [2.05, 4.69) is 11.4 Å². The zero-order valence-electron chi connectivity index (χ0n) is 11.5. The number of hydrogen-bond acceptors (Lipinski definition) is 4. The lowest BCUT2D eigenvalue weighted by atomic mass is 10.0. The summed E-state index contributed by atoms with van der Waals surface area (Å²) in [5.41, 5.74) is 1.13. The van der Waals surface area contributed by atoms with Crippen molar-refractivity contribution in [3.05, 3.63) is 29.8 Å². The molecule has 1 aromatic carbocycles. The second-order valence-corrected chi connectivity index (χ2v) is 6.40. The lowest BCUT2D eigenvalue weighted by Gasteiger charge is -2.26. The summed E-state index contributed by atoms with van der Waals surface area (Å²) < 4.78 is 5.30. The van der Waals surface area contributed by atoms with Gasteiger partial charge in [-0.3, -0.25) is 4.79 Å². The van der Waals surface area contributed by atoms with E-state index in [1.165, 1.54) is 4.90 Å². The standard InChI is InChI=1S/C15H17NO4S/c17-14(11-5-6-12(20-11)15(18)19)16-10-7-8-21-13-4-2-1-3-9(10)13/h1-4,10-12H,5-8H2,(H,16,17)(H,18,19). The van der Waals surface area contributed by atoms with E-state index in [4.69, 9.17) is 9.84 Å². The molecule has 0 aromatic heterocycles. The van der Waals surface area contributed by atoms with Crippen molar-refractivity contribution < 1.29 is 19.4 Å². The molecular formula is C15H17NO4S. The lowest BCUT2D eigenvalue weighted by Crippen LogP contribution is -2.38. The van der Waals surface area contributed by atoms with Gasteiger partial charge in [0, 0.05) is 10.6 Å². The van der Waals surface area contributed by atoms with Gasteiger partial charge in [-0.05, 0) is 30.9 Å². The molecule has 2 N–H and O–H groups in total. The Hall–Kier alpha value is -1.53. The fourth-order valence-corrected chi connectivity index (χ4v) is 3.89. The predicted molar refractivity (Wildman–Crippen MR) is 78.2 cm³/mol. The van der Waals surface area contributed by atoms with E-state index < -0.39 is 18.2 Å². The van der Waals surface area contributed by atoms with Crippen LogP contribution in [0.1, 0.15) is 30.9 Å².